The zero-order chi connectivity index (χ0) is 15.6. The second-order valence-electron chi connectivity index (χ2n) is 5.05. The summed E-state index contributed by atoms with van der Waals surface area (Å²) in [5.74, 6) is -1.15. The van der Waals surface area contributed by atoms with Crippen molar-refractivity contribution in [1.82, 2.24) is 4.72 Å². The maximum Gasteiger partial charge on any atom is 0.272 e. The molecule has 0 unspecified atom stereocenters. The number of hydrogen-bond donors (Lipinski definition) is 2. The summed E-state index contributed by atoms with van der Waals surface area (Å²) in [5, 5.41) is 10.5. The van der Waals surface area contributed by atoms with Crippen LogP contribution in [0.3, 0.4) is 0 Å². The topological polar surface area (TPSA) is 115 Å². The number of nitro benzene ring substituents is 1. The second-order valence-corrected chi connectivity index (χ2v) is 6.73. The number of sulfonamides is 1. The number of hydrogen-bond acceptors (Lipinski definition) is 5. The van der Waals surface area contributed by atoms with Crippen LogP contribution in [0.5, 0.6) is 0 Å². The van der Waals surface area contributed by atoms with Gasteiger partial charge in [0, 0.05) is 18.2 Å². The lowest BCUT2D eigenvalue weighted by atomic mass is 9.92. The molecule has 0 amide bonds. The molecule has 0 bridgehead atoms. The van der Waals surface area contributed by atoms with E-state index in [1.54, 1.807) is 0 Å². The number of nitrogens with two attached hydrogens (primary N) is 1. The molecule has 0 saturated heterocycles. The third-order valence-corrected chi connectivity index (χ3v) is 5.06. The van der Waals surface area contributed by atoms with Crippen LogP contribution in [0, 0.1) is 15.9 Å². The Kier molecular flexibility index (Phi) is 4.55. The van der Waals surface area contributed by atoms with Crippen molar-refractivity contribution >= 4 is 15.7 Å². The number of rotatable bonds is 4. The summed E-state index contributed by atoms with van der Waals surface area (Å²) in [5.41, 5.74) is 5.36. The minimum Gasteiger partial charge on any atom is -0.326 e. The van der Waals surface area contributed by atoms with Crippen molar-refractivity contribution < 1.29 is 17.7 Å². The Balaban J connectivity index is 2.25. The van der Waals surface area contributed by atoms with Crippen molar-refractivity contribution in [2.75, 3.05) is 0 Å². The summed E-state index contributed by atoms with van der Waals surface area (Å²) in [6.45, 7) is 0. The highest BCUT2D eigenvalue weighted by atomic mass is 32.2. The van der Waals surface area contributed by atoms with E-state index >= 15 is 0 Å². The van der Waals surface area contributed by atoms with E-state index in [0.717, 1.165) is 25.0 Å². The van der Waals surface area contributed by atoms with Crippen LogP contribution >= 0.6 is 0 Å². The molecular weight excluding hydrogens is 301 g/mol. The summed E-state index contributed by atoms with van der Waals surface area (Å²) in [4.78, 5) is 9.14. The third kappa shape index (κ3) is 3.55. The summed E-state index contributed by atoms with van der Waals surface area (Å²) in [7, 11) is -4.09. The van der Waals surface area contributed by atoms with Crippen molar-refractivity contribution in [1.29, 1.82) is 0 Å². The summed E-state index contributed by atoms with van der Waals surface area (Å²) >= 11 is 0. The van der Waals surface area contributed by atoms with Gasteiger partial charge in [-0.1, -0.05) is 12.8 Å². The quantitative estimate of drug-likeness (QED) is 0.641. The molecule has 0 aliphatic heterocycles. The molecule has 0 spiro atoms. The number of halogens is 1. The van der Waals surface area contributed by atoms with Crippen LogP contribution in [0.4, 0.5) is 10.1 Å². The fourth-order valence-corrected chi connectivity index (χ4v) is 3.77. The van der Waals surface area contributed by atoms with E-state index in [0.29, 0.717) is 18.9 Å². The molecule has 0 heterocycles. The summed E-state index contributed by atoms with van der Waals surface area (Å²) < 4.78 is 40.5. The first-order chi connectivity index (χ1) is 9.81. The van der Waals surface area contributed by atoms with Gasteiger partial charge in [-0.15, -0.1) is 0 Å². The van der Waals surface area contributed by atoms with Crippen molar-refractivity contribution in [3.63, 3.8) is 0 Å². The van der Waals surface area contributed by atoms with Crippen LogP contribution in [-0.4, -0.2) is 25.4 Å². The van der Waals surface area contributed by atoms with Gasteiger partial charge in [-0.3, -0.25) is 10.1 Å². The fourth-order valence-electron chi connectivity index (χ4n) is 2.39. The van der Waals surface area contributed by atoms with E-state index in [-0.39, 0.29) is 6.04 Å². The van der Waals surface area contributed by atoms with Crippen LogP contribution in [0.1, 0.15) is 25.7 Å². The van der Waals surface area contributed by atoms with E-state index in [1.165, 1.54) is 0 Å². The molecule has 2 atom stereocenters. The van der Waals surface area contributed by atoms with Gasteiger partial charge < -0.3 is 5.73 Å². The standard InChI is InChI=1S/C12H16FN3O4S/c13-9-7-8(16(17)18)5-6-12(9)21(19,20)15-11-4-2-1-3-10(11)14/h5-7,10-11,15H,1-4,14H2/t10-,11-/m1/s1. The Labute approximate surface area is 121 Å². The molecule has 0 radical (unpaired) electrons. The first-order valence-electron chi connectivity index (χ1n) is 6.53. The van der Waals surface area contributed by atoms with Crippen molar-refractivity contribution in [3.05, 3.63) is 34.1 Å². The van der Waals surface area contributed by atoms with E-state index in [1.807, 2.05) is 0 Å². The Bertz CT molecular complexity index is 650. The first kappa shape index (κ1) is 15.8. The number of nitrogens with one attached hydrogen (secondary N) is 1. The molecule has 1 aliphatic rings. The molecule has 2 rings (SSSR count). The Hall–Kier alpha value is -1.58. The van der Waals surface area contributed by atoms with Gasteiger partial charge in [0.15, 0.2) is 0 Å². The molecule has 7 nitrogen and oxygen atoms in total. The van der Waals surface area contributed by atoms with Gasteiger partial charge in [0.2, 0.25) is 10.0 Å². The van der Waals surface area contributed by atoms with Gasteiger partial charge in [-0.25, -0.2) is 17.5 Å². The maximum absolute atomic E-state index is 13.8. The average Bonchev–Trinajstić information content (AvgIpc) is 2.40. The molecule has 3 N–H and O–H groups in total. The monoisotopic (exact) mass is 317 g/mol. The van der Waals surface area contributed by atoms with Gasteiger partial charge in [0.25, 0.3) is 5.69 Å². The molecule has 0 aromatic heterocycles. The predicted octanol–water partition coefficient (Wildman–Crippen LogP) is 1.28. The predicted molar refractivity (Wildman–Crippen MR) is 73.6 cm³/mol. The number of non-ortho nitro benzene ring substituents is 1. The molecule has 1 aromatic rings. The van der Waals surface area contributed by atoms with Crippen LogP contribution in [0.2, 0.25) is 0 Å². The van der Waals surface area contributed by atoms with Crippen LogP contribution in [-0.2, 0) is 10.0 Å². The van der Waals surface area contributed by atoms with Crippen molar-refractivity contribution in [2.45, 2.75) is 42.7 Å². The Morgan fingerprint density at radius 2 is 2.00 bits per heavy atom. The molecule has 1 aromatic carbocycles. The first-order valence-corrected chi connectivity index (χ1v) is 8.01. The lowest BCUT2D eigenvalue weighted by Crippen LogP contribution is -2.49. The smallest absolute Gasteiger partial charge is 0.272 e. The highest BCUT2D eigenvalue weighted by molar-refractivity contribution is 7.89. The minimum absolute atomic E-state index is 0.311. The molecule has 116 valence electrons. The van der Waals surface area contributed by atoms with Gasteiger partial charge in [-0.05, 0) is 18.9 Å². The zero-order valence-electron chi connectivity index (χ0n) is 11.2. The lowest BCUT2D eigenvalue weighted by Gasteiger charge is -2.29. The fraction of sp³-hybridized carbons (Fsp3) is 0.500. The molecule has 1 aliphatic carbocycles. The molecule has 9 heteroatoms. The number of nitro groups is 1. The number of nitrogens with zero attached hydrogens (tertiary/aromatic N) is 1. The van der Waals surface area contributed by atoms with Crippen LogP contribution in [0.25, 0.3) is 0 Å². The minimum atomic E-state index is -4.09. The Morgan fingerprint density at radius 1 is 1.33 bits per heavy atom. The maximum atomic E-state index is 13.8. The lowest BCUT2D eigenvalue weighted by molar-refractivity contribution is -0.385. The van der Waals surface area contributed by atoms with Gasteiger partial charge in [0.1, 0.15) is 10.7 Å². The van der Waals surface area contributed by atoms with Crippen molar-refractivity contribution in [2.24, 2.45) is 5.73 Å². The number of benzene rings is 1. The molecule has 21 heavy (non-hydrogen) atoms. The third-order valence-electron chi connectivity index (χ3n) is 3.54. The van der Waals surface area contributed by atoms with Gasteiger partial charge >= 0.3 is 0 Å². The van der Waals surface area contributed by atoms with Gasteiger partial charge in [0.05, 0.1) is 11.0 Å². The van der Waals surface area contributed by atoms with Crippen LogP contribution in [0.15, 0.2) is 23.1 Å². The highest BCUT2D eigenvalue weighted by Crippen LogP contribution is 2.23. The molecule has 1 fully saturated rings. The van der Waals surface area contributed by atoms with Crippen molar-refractivity contribution in [3.8, 4) is 0 Å². The van der Waals surface area contributed by atoms with E-state index in [4.69, 9.17) is 5.73 Å². The van der Waals surface area contributed by atoms with E-state index < -0.39 is 37.4 Å². The molecular formula is C12H16FN3O4S. The zero-order valence-corrected chi connectivity index (χ0v) is 12.0. The summed E-state index contributed by atoms with van der Waals surface area (Å²) in [6, 6.07) is 1.69. The highest BCUT2D eigenvalue weighted by Gasteiger charge is 2.29. The van der Waals surface area contributed by atoms with Gasteiger partial charge in [-0.2, -0.15) is 0 Å². The average molecular weight is 317 g/mol. The normalized spacial score (nSPS) is 23.0. The summed E-state index contributed by atoms with van der Waals surface area (Å²) in [6.07, 6.45) is 3.08. The Morgan fingerprint density at radius 3 is 2.57 bits per heavy atom. The largest absolute Gasteiger partial charge is 0.326 e. The van der Waals surface area contributed by atoms with E-state index in [2.05, 4.69) is 4.72 Å². The molecule has 1 saturated carbocycles. The van der Waals surface area contributed by atoms with Crippen LogP contribution < -0.4 is 10.5 Å². The SMILES string of the molecule is N[C@@H]1CCCC[C@H]1NS(=O)(=O)c1ccc([N+](=O)[O-])cc1F. The second kappa shape index (κ2) is 6.04. The van der Waals surface area contributed by atoms with E-state index in [9.17, 15) is 22.9 Å².